The third-order valence-corrected chi connectivity index (χ3v) is 10.4. The summed E-state index contributed by atoms with van der Waals surface area (Å²) in [6.45, 7) is 0. The highest BCUT2D eigenvalue weighted by Gasteiger charge is 2.36. The molecule has 0 spiro atoms. The molecular weight excluding hydrogens is 520 g/mol. The molecule has 0 fully saturated rings. The first-order valence-electron chi connectivity index (χ1n) is 14.2. The third kappa shape index (κ3) is 2.90. The molecule has 3 heterocycles. The van der Waals surface area contributed by atoms with Gasteiger partial charge in [-0.25, -0.2) is 0 Å². The first-order valence-corrected chi connectivity index (χ1v) is 15.1. The Morgan fingerprint density at radius 1 is 0.707 bits per heavy atom. The number of nitrogens with zero attached hydrogens (tertiary/aromatic N) is 1. The maximum atomic E-state index is 6.47. The lowest BCUT2D eigenvalue weighted by Gasteiger charge is -2.18. The van der Waals surface area contributed by atoms with E-state index in [9.17, 15) is 0 Å². The number of aromatic nitrogens is 1. The first-order chi connectivity index (χ1) is 20.3. The van der Waals surface area contributed by atoms with Crippen molar-refractivity contribution in [2.24, 2.45) is 0 Å². The van der Waals surface area contributed by atoms with Crippen LogP contribution in [0.2, 0.25) is 0 Å². The molecule has 0 amide bonds. The highest BCUT2D eigenvalue weighted by atomic mass is 32.2. The fourth-order valence-electron chi connectivity index (χ4n) is 7.33. The van der Waals surface area contributed by atoms with Crippen LogP contribution in [0.4, 0.5) is 0 Å². The fraction of sp³-hybridized carbons (Fsp3) is 0.0811. The Bertz CT molecular complexity index is 2180. The molecule has 5 aromatic carbocycles. The normalized spacial score (nSPS) is 21.4. The molecule has 0 bridgehead atoms. The van der Waals surface area contributed by atoms with Gasteiger partial charge in [0, 0.05) is 49.6 Å². The predicted octanol–water partition coefficient (Wildman–Crippen LogP) is 9.08. The van der Waals surface area contributed by atoms with Crippen LogP contribution in [0, 0.1) is 0 Å². The van der Waals surface area contributed by atoms with Crippen molar-refractivity contribution in [1.29, 1.82) is 0 Å². The van der Waals surface area contributed by atoms with Crippen molar-refractivity contribution >= 4 is 54.9 Å². The van der Waals surface area contributed by atoms with Crippen molar-refractivity contribution in [3.05, 3.63) is 144 Å². The van der Waals surface area contributed by atoms with E-state index in [2.05, 4.69) is 131 Å². The zero-order valence-electron chi connectivity index (χ0n) is 22.0. The van der Waals surface area contributed by atoms with Crippen LogP contribution in [0.5, 0.6) is 5.75 Å². The van der Waals surface area contributed by atoms with Crippen LogP contribution in [-0.2, 0) is 0 Å². The van der Waals surface area contributed by atoms with E-state index in [1.54, 1.807) is 0 Å². The average Bonchev–Trinajstić information content (AvgIpc) is 3.77. The average molecular weight is 545 g/mol. The Morgan fingerprint density at radius 3 is 2.51 bits per heavy atom. The molecule has 41 heavy (non-hydrogen) atoms. The van der Waals surface area contributed by atoms with Gasteiger partial charge in [-0.3, -0.25) is 0 Å². The Kier molecular flexibility index (Phi) is 4.28. The van der Waals surface area contributed by atoms with Crippen LogP contribution in [0.25, 0.3) is 48.9 Å². The minimum Gasteiger partial charge on any atom is -0.485 e. The fourth-order valence-corrected chi connectivity index (χ4v) is 8.62. The molecule has 6 aromatic rings. The number of para-hydroxylation sites is 1. The maximum absolute atomic E-state index is 6.47. The summed E-state index contributed by atoms with van der Waals surface area (Å²) < 4.78 is 8.92. The van der Waals surface area contributed by atoms with Crippen LogP contribution in [0.1, 0.15) is 33.5 Å². The van der Waals surface area contributed by atoms with Gasteiger partial charge in [0.15, 0.2) is 0 Å². The van der Waals surface area contributed by atoms with Crippen LogP contribution < -0.4 is 10.1 Å². The lowest BCUT2D eigenvalue weighted by molar-refractivity contribution is 0.269. The van der Waals surface area contributed by atoms with Crippen molar-refractivity contribution in [2.45, 2.75) is 17.4 Å². The van der Waals surface area contributed by atoms with Crippen molar-refractivity contribution in [3.63, 3.8) is 0 Å². The Balaban J connectivity index is 1.18. The highest BCUT2D eigenvalue weighted by molar-refractivity contribution is 8.09. The summed E-state index contributed by atoms with van der Waals surface area (Å²) in [7, 11) is 0. The largest absolute Gasteiger partial charge is 0.485 e. The van der Waals surface area contributed by atoms with Gasteiger partial charge in [0.25, 0.3) is 0 Å². The third-order valence-electron chi connectivity index (χ3n) is 9.12. The van der Waals surface area contributed by atoms with Crippen LogP contribution in [0.3, 0.4) is 0 Å². The number of hydrogen-bond acceptors (Lipinski definition) is 3. The number of fused-ring (bicyclic) bond motifs is 8. The van der Waals surface area contributed by atoms with E-state index in [0.717, 1.165) is 5.75 Å². The van der Waals surface area contributed by atoms with Gasteiger partial charge in [-0.1, -0.05) is 103 Å². The molecule has 0 radical (unpaired) electrons. The SMILES string of the molecule is C1=CC2Oc3cc4c(cc3C2C=C1)c1ccccc1n4-c1ccc2c3c(cccc13)C1=C2NC(c2ccccc2)S1. The van der Waals surface area contributed by atoms with E-state index in [1.807, 2.05) is 11.8 Å². The molecule has 194 valence electrons. The summed E-state index contributed by atoms with van der Waals surface area (Å²) in [6.07, 6.45) is 8.75. The van der Waals surface area contributed by atoms with E-state index < -0.39 is 0 Å². The molecule has 1 N–H and O–H groups in total. The summed E-state index contributed by atoms with van der Waals surface area (Å²) in [6, 6.07) is 35.6. The predicted molar refractivity (Wildman–Crippen MR) is 170 cm³/mol. The van der Waals surface area contributed by atoms with E-state index in [0.29, 0.717) is 0 Å². The second kappa shape index (κ2) is 7.96. The van der Waals surface area contributed by atoms with E-state index in [4.69, 9.17) is 4.74 Å². The zero-order valence-corrected chi connectivity index (χ0v) is 22.9. The molecular formula is C37H24N2OS. The van der Waals surface area contributed by atoms with Crippen molar-refractivity contribution in [1.82, 2.24) is 9.88 Å². The molecule has 10 rings (SSSR count). The van der Waals surface area contributed by atoms with Crippen molar-refractivity contribution < 1.29 is 4.74 Å². The lowest BCUT2D eigenvalue weighted by atomic mass is 9.91. The molecule has 1 aromatic heterocycles. The number of thioether (sulfide) groups is 1. The van der Waals surface area contributed by atoms with Gasteiger partial charge < -0.3 is 14.6 Å². The Labute approximate surface area is 241 Å². The summed E-state index contributed by atoms with van der Waals surface area (Å²) in [5.74, 6) is 1.27. The van der Waals surface area contributed by atoms with E-state index >= 15 is 0 Å². The number of ether oxygens (including phenoxy) is 1. The molecule has 0 saturated carbocycles. The van der Waals surface area contributed by atoms with Gasteiger partial charge in [-0.05, 0) is 35.4 Å². The quantitative estimate of drug-likeness (QED) is 0.235. The standard InChI is InChI=1S/C37H24N2OS/c1-2-9-21(10-3-1)37-38-35-25-17-18-30(24-13-8-14-26(34(24)25)36(35)41-37)39-29-15-6-4-11-22(29)27-19-28-23-12-5-7-16-32(23)40-33(28)20-31(27)39/h1-20,23,32,37-38H. The number of hydrogen-bond donors (Lipinski definition) is 1. The minimum atomic E-state index is 0.0798. The summed E-state index contributed by atoms with van der Waals surface area (Å²) in [5, 5.41) is 9.25. The summed E-state index contributed by atoms with van der Waals surface area (Å²) in [5.41, 5.74) is 10.1. The maximum Gasteiger partial charge on any atom is 0.128 e. The number of rotatable bonds is 2. The summed E-state index contributed by atoms with van der Waals surface area (Å²) in [4.78, 5) is 1.36. The second-order valence-electron chi connectivity index (χ2n) is 11.3. The molecule has 0 saturated heterocycles. The van der Waals surface area contributed by atoms with Gasteiger partial charge in [0.2, 0.25) is 0 Å². The molecule has 2 aliphatic carbocycles. The Morgan fingerprint density at radius 2 is 1.56 bits per heavy atom. The molecule has 3 unspecified atom stereocenters. The van der Waals surface area contributed by atoms with Gasteiger partial charge in [-0.15, -0.1) is 0 Å². The minimum absolute atomic E-state index is 0.0798. The first kappa shape index (κ1) is 22.1. The Hall–Kier alpha value is -4.67. The van der Waals surface area contributed by atoms with Gasteiger partial charge >= 0.3 is 0 Å². The summed E-state index contributed by atoms with van der Waals surface area (Å²) >= 11 is 1.93. The smallest absolute Gasteiger partial charge is 0.128 e. The zero-order chi connectivity index (χ0) is 26.7. The van der Waals surface area contributed by atoms with Gasteiger partial charge in [0.1, 0.15) is 17.2 Å². The lowest BCUT2D eigenvalue weighted by Crippen LogP contribution is -2.15. The number of benzene rings is 5. The molecule has 3 nitrogen and oxygen atoms in total. The van der Waals surface area contributed by atoms with Crippen LogP contribution >= 0.6 is 11.8 Å². The van der Waals surface area contributed by atoms with Gasteiger partial charge in [0.05, 0.1) is 22.4 Å². The van der Waals surface area contributed by atoms with Crippen molar-refractivity contribution in [2.75, 3.05) is 0 Å². The molecule has 2 aliphatic heterocycles. The van der Waals surface area contributed by atoms with E-state index in [1.165, 1.54) is 71.1 Å². The van der Waals surface area contributed by atoms with Gasteiger partial charge in [-0.2, -0.15) is 0 Å². The number of nitrogens with one attached hydrogen (secondary N) is 1. The molecule has 4 aliphatic rings. The molecule has 3 atom stereocenters. The topological polar surface area (TPSA) is 26.2 Å². The van der Waals surface area contributed by atoms with E-state index in [-0.39, 0.29) is 17.4 Å². The number of allylic oxidation sites excluding steroid dienone is 2. The highest BCUT2D eigenvalue weighted by Crippen LogP contribution is 2.56. The van der Waals surface area contributed by atoms with Crippen LogP contribution in [-0.4, -0.2) is 10.7 Å². The monoisotopic (exact) mass is 544 g/mol. The van der Waals surface area contributed by atoms with Crippen LogP contribution in [0.15, 0.2) is 121 Å². The second-order valence-corrected chi connectivity index (χ2v) is 12.4. The molecule has 4 heteroatoms. The van der Waals surface area contributed by atoms with Crippen molar-refractivity contribution in [3.8, 4) is 11.4 Å².